The van der Waals surface area contributed by atoms with Crippen LogP contribution in [-0.2, 0) is 0 Å². The van der Waals surface area contributed by atoms with E-state index in [1.165, 1.54) is 6.07 Å². The highest BCUT2D eigenvalue weighted by Crippen LogP contribution is 2.21. The van der Waals surface area contributed by atoms with Gasteiger partial charge in [-0.25, -0.2) is 4.39 Å². The minimum absolute atomic E-state index is 0.0876. The van der Waals surface area contributed by atoms with Crippen LogP contribution in [0.15, 0.2) is 18.2 Å². The van der Waals surface area contributed by atoms with Gasteiger partial charge in [0, 0.05) is 17.5 Å². The molecule has 5 heteroatoms. The third-order valence-electron chi connectivity index (χ3n) is 2.48. The summed E-state index contributed by atoms with van der Waals surface area (Å²) in [6.45, 7) is 2.09. The fraction of sp³-hybridized carbons (Fsp3) is 0.417. The molecule has 0 amide bonds. The smallest absolute Gasteiger partial charge is 0.135 e. The molecule has 0 aromatic heterocycles. The number of halogens is 1. The van der Waals surface area contributed by atoms with Crippen LogP contribution < -0.4 is 11.1 Å². The Morgan fingerprint density at radius 2 is 2.29 bits per heavy atom. The van der Waals surface area contributed by atoms with E-state index in [1.54, 1.807) is 23.9 Å². The van der Waals surface area contributed by atoms with Crippen LogP contribution in [0, 0.1) is 5.82 Å². The Labute approximate surface area is 111 Å². The summed E-state index contributed by atoms with van der Waals surface area (Å²) >= 11 is 6.63. The predicted octanol–water partition coefficient (Wildman–Crippen LogP) is 3.01. The zero-order valence-electron chi connectivity index (χ0n) is 10.00. The third-order valence-corrected chi connectivity index (χ3v) is 3.42. The van der Waals surface area contributed by atoms with Gasteiger partial charge in [0.15, 0.2) is 0 Å². The Bertz CT molecular complexity index is 396. The number of rotatable bonds is 6. The summed E-state index contributed by atoms with van der Waals surface area (Å²) in [5.74, 6) is 0.588. The molecule has 2 nitrogen and oxygen atoms in total. The van der Waals surface area contributed by atoms with Crippen LogP contribution in [0.3, 0.4) is 0 Å². The maximum atomic E-state index is 13.6. The van der Waals surface area contributed by atoms with Gasteiger partial charge < -0.3 is 11.1 Å². The van der Waals surface area contributed by atoms with Crippen LogP contribution in [0.25, 0.3) is 0 Å². The molecule has 17 heavy (non-hydrogen) atoms. The lowest BCUT2D eigenvalue weighted by Gasteiger charge is -2.19. The molecule has 0 heterocycles. The molecule has 1 unspecified atom stereocenters. The van der Waals surface area contributed by atoms with Crippen molar-refractivity contribution in [3.63, 3.8) is 0 Å². The molecule has 1 aromatic rings. The van der Waals surface area contributed by atoms with Crippen molar-refractivity contribution in [2.75, 3.05) is 17.3 Å². The predicted molar refractivity (Wildman–Crippen MR) is 78.4 cm³/mol. The van der Waals surface area contributed by atoms with Crippen LogP contribution in [0.1, 0.15) is 18.9 Å². The monoisotopic (exact) mass is 272 g/mol. The van der Waals surface area contributed by atoms with Crippen molar-refractivity contribution in [2.45, 2.75) is 19.4 Å². The SMILES string of the molecule is CCC(CSC)Nc1cccc(F)c1C(N)=S. The van der Waals surface area contributed by atoms with Gasteiger partial charge >= 0.3 is 0 Å². The molecule has 1 aromatic carbocycles. The second-order valence-electron chi connectivity index (χ2n) is 3.73. The Kier molecular flexibility index (Phi) is 5.71. The van der Waals surface area contributed by atoms with E-state index in [9.17, 15) is 4.39 Å². The van der Waals surface area contributed by atoms with E-state index in [0.717, 1.165) is 12.2 Å². The maximum Gasteiger partial charge on any atom is 0.135 e. The normalized spacial score (nSPS) is 12.2. The van der Waals surface area contributed by atoms with Gasteiger partial charge in [-0.05, 0) is 24.8 Å². The van der Waals surface area contributed by atoms with E-state index in [1.807, 2.05) is 6.26 Å². The van der Waals surface area contributed by atoms with Gasteiger partial charge in [0.25, 0.3) is 0 Å². The Morgan fingerprint density at radius 3 is 2.82 bits per heavy atom. The average Bonchev–Trinajstić information content (AvgIpc) is 2.28. The fourth-order valence-electron chi connectivity index (χ4n) is 1.58. The zero-order chi connectivity index (χ0) is 12.8. The van der Waals surface area contributed by atoms with Crippen LogP contribution in [0.2, 0.25) is 0 Å². The van der Waals surface area contributed by atoms with E-state index in [4.69, 9.17) is 18.0 Å². The molecule has 0 radical (unpaired) electrons. The lowest BCUT2D eigenvalue weighted by molar-refractivity contribution is 0.625. The number of thioether (sulfide) groups is 1. The number of benzene rings is 1. The molecule has 0 aliphatic carbocycles. The summed E-state index contributed by atoms with van der Waals surface area (Å²) in [5.41, 5.74) is 6.54. The summed E-state index contributed by atoms with van der Waals surface area (Å²) in [6, 6.07) is 5.13. The second-order valence-corrected chi connectivity index (χ2v) is 5.08. The summed E-state index contributed by atoms with van der Waals surface area (Å²) in [4.78, 5) is 0.0876. The van der Waals surface area contributed by atoms with Crippen molar-refractivity contribution in [1.82, 2.24) is 0 Å². The fourth-order valence-corrected chi connectivity index (χ4v) is 2.51. The first-order valence-electron chi connectivity index (χ1n) is 5.44. The van der Waals surface area contributed by atoms with Crippen LogP contribution >= 0.6 is 24.0 Å². The number of thiocarbonyl (C=S) groups is 1. The molecule has 1 atom stereocenters. The molecular formula is C12H17FN2S2. The lowest BCUT2D eigenvalue weighted by Crippen LogP contribution is -2.24. The van der Waals surface area contributed by atoms with Gasteiger partial charge in [0.2, 0.25) is 0 Å². The highest BCUT2D eigenvalue weighted by molar-refractivity contribution is 7.98. The maximum absolute atomic E-state index is 13.6. The second kappa shape index (κ2) is 6.81. The van der Waals surface area contributed by atoms with Gasteiger partial charge in [-0.2, -0.15) is 11.8 Å². The third kappa shape index (κ3) is 3.85. The van der Waals surface area contributed by atoms with E-state index in [-0.39, 0.29) is 10.8 Å². The standard InChI is InChI=1S/C12H17FN2S2/c1-3-8(7-17-2)15-10-6-4-5-9(13)11(10)12(14)16/h4-6,8,15H,3,7H2,1-2H3,(H2,14,16). The molecule has 0 fully saturated rings. The summed E-state index contributed by atoms with van der Waals surface area (Å²) in [6.07, 6.45) is 3.01. The average molecular weight is 272 g/mol. The number of anilines is 1. The van der Waals surface area contributed by atoms with Gasteiger partial charge in [-0.15, -0.1) is 0 Å². The molecule has 0 saturated heterocycles. The van der Waals surface area contributed by atoms with Crippen LogP contribution in [-0.4, -0.2) is 23.0 Å². The highest BCUT2D eigenvalue weighted by Gasteiger charge is 2.13. The first kappa shape index (κ1) is 14.3. The molecule has 1 rings (SSSR count). The molecule has 0 aliphatic heterocycles. The minimum atomic E-state index is -0.374. The Morgan fingerprint density at radius 1 is 1.59 bits per heavy atom. The summed E-state index contributed by atoms with van der Waals surface area (Å²) in [7, 11) is 0. The van der Waals surface area contributed by atoms with Crippen LogP contribution in [0.5, 0.6) is 0 Å². The quantitative estimate of drug-likeness (QED) is 0.781. The molecular weight excluding hydrogens is 255 g/mol. The number of hydrogen-bond acceptors (Lipinski definition) is 3. The van der Waals surface area contributed by atoms with Crippen molar-refractivity contribution in [3.8, 4) is 0 Å². The Hall–Kier alpha value is -0.810. The first-order chi connectivity index (χ1) is 8.10. The van der Waals surface area contributed by atoms with E-state index in [0.29, 0.717) is 17.3 Å². The number of nitrogens with two attached hydrogens (primary N) is 1. The largest absolute Gasteiger partial charge is 0.389 e. The molecule has 0 bridgehead atoms. The van der Waals surface area contributed by atoms with Gasteiger partial charge in [0.05, 0.1) is 5.56 Å². The van der Waals surface area contributed by atoms with Crippen molar-refractivity contribution in [3.05, 3.63) is 29.6 Å². The summed E-state index contributed by atoms with van der Waals surface area (Å²) < 4.78 is 13.6. The van der Waals surface area contributed by atoms with Crippen molar-refractivity contribution >= 4 is 34.7 Å². The highest BCUT2D eigenvalue weighted by atomic mass is 32.2. The minimum Gasteiger partial charge on any atom is -0.389 e. The van der Waals surface area contributed by atoms with Crippen molar-refractivity contribution < 1.29 is 4.39 Å². The van der Waals surface area contributed by atoms with E-state index < -0.39 is 0 Å². The molecule has 3 N–H and O–H groups in total. The number of hydrogen-bond donors (Lipinski definition) is 2. The van der Waals surface area contributed by atoms with Crippen molar-refractivity contribution in [2.24, 2.45) is 5.73 Å². The van der Waals surface area contributed by atoms with E-state index >= 15 is 0 Å². The van der Waals surface area contributed by atoms with Gasteiger partial charge in [0.1, 0.15) is 10.8 Å². The molecule has 0 spiro atoms. The summed E-state index contributed by atoms with van der Waals surface area (Å²) in [5, 5.41) is 3.29. The van der Waals surface area contributed by atoms with Crippen molar-refractivity contribution in [1.29, 1.82) is 0 Å². The first-order valence-corrected chi connectivity index (χ1v) is 7.24. The lowest BCUT2D eigenvalue weighted by atomic mass is 10.1. The molecule has 94 valence electrons. The topological polar surface area (TPSA) is 38.0 Å². The Balaban J connectivity index is 2.97. The molecule has 0 aliphatic rings. The zero-order valence-corrected chi connectivity index (χ0v) is 11.6. The van der Waals surface area contributed by atoms with Crippen LogP contribution in [0.4, 0.5) is 10.1 Å². The van der Waals surface area contributed by atoms with Gasteiger partial charge in [-0.3, -0.25) is 0 Å². The van der Waals surface area contributed by atoms with E-state index in [2.05, 4.69) is 12.2 Å². The number of nitrogens with one attached hydrogen (secondary N) is 1. The van der Waals surface area contributed by atoms with Gasteiger partial charge in [-0.1, -0.05) is 25.2 Å². The molecule has 0 saturated carbocycles.